The third-order valence-electron chi connectivity index (χ3n) is 2.10. The number of ether oxygens (including phenoxy) is 2. The molecule has 0 unspecified atom stereocenters. The van der Waals surface area contributed by atoms with Crippen molar-refractivity contribution in [2.75, 3.05) is 6.79 Å². The summed E-state index contributed by atoms with van der Waals surface area (Å²) in [6, 6.07) is 9.99. The van der Waals surface area contributed by atoms with Crippen LogP contribution >= 0.6 is 0 Å². The second-order valence-electron chi connectivity index (χ2n) is 3.45. The van der Waals surface area contributed by atoms with Gasteiger partial charge in [0.1, 0.15) is 0 Å². The molecule has 1 heterocycles. The Morgan fingerprint density at radius 3 is 2.75 bits per heavy atom. The number of hydrogen-bond acceptors (Lipinski definition) is 3. The van der Waals surface area contributed by atoms with E-state index in [0.29, 0.717) is 6.61 Å². The van der Waals surface area contributed by atoms with Crippen LogP contribution in [0.5, 0.6) is 5.75 Å². The fraction of sp³-hybridized carbons (Fsp3) is 0.250. The second kappa shape index (κ2) is 5.32. The van der Waals surface area contributed by atoms with E-state index in [2.05, 4.69) is 5.10 Å². The van der Waals surface area contributed by atoms with E-state index in [0.717, 1.165) is 11.3 Å². The molecule has 0 aliphatic carbocycles. The fourth-order valence-electron chi connectivity index (χ4n) is 1.32. The molecule has 0 saturated heterocycles. The highest BCUT2D eigenvalue weighted by Crippen LogP contribution is 2.07. The molecule has 0 N–H and O–H groups in total. The van der Waals surface area contributed by atoms with E-state index >= 15 is 0 Å². The molecule has 0 aliphatic heterocycles. The van der Waals surface area contributed by atoms with Gasteiger partial charge in [-0.05, 0) is 5.56 Å². The largest absolute Gasteiger partial charge is 0.464 e. The molecule has 2 aromatic rings. The van der Waals surface area contributed by atoms with Crippen molar-refractivity contribution in [2.24, 2.45) is 7.05 Å². The Hall–Kier alpha value is -1.81. The standard InChI is InChI=1S/C12H14N2O2/c1-14-8-12(7-13-14)16-10-15-9-11-5-3-2-4-6-11/h2-8H,9-10H2,1H3. The van der Waals surface area contributed by atoms with Crippen molar-refractivity contribution in [1.82, 2.24) is 9.78 Å². The van der Waals surface area contributed by atoms with Gasteiger partial charge in [0.05, 0.1) is 19.0 Å². The van der Waals surface area contributed by atoms with Crippen LogP contribution in [0, 0.1) is 0 Å². The zero-order chi connectivity index (χ0) is 11.2. The van der Waals surface area contributed by atoms with Crippen LogP contribution < -0.4 is 4.74 Å². The van der Waals surface area contributed by atoms with E-state index in [4.69, 9.17) is 9.47 Å². The normalized spacial score (nSPS) is 10.3. The van der Waals surface area contributed by atoms with Gasteiger partial charge < -0.3 is 9.47 Å². The van der Waals surface area contributed by atoms with Crippen LogP contribution in [0.15, 0.2) is 42.7 Å². The Bertz CT molecular complexity index is 426. The zero-order valence-corrected chi connectivity index (χ0v) is 9.17. The van der Waals surface area contributed by atoms with Crippen LogP contribution in [0.4, 0.5) is 0 Å². The summed E-state index contributed by atoms with van der Waals surface area (Å²) in [6.45, 7) is 0.793. The van der Waals surface area contributed by atoms with Crippen molar-refractivity contribution in [2.45, 2.75) is 6.61 Å². The minimum atomic E-state index is 0.237. The van der Waals surface area contributed by atoms with Crippen molar-refractivity contribution in [1.29, 1.82) is 0 Å². The lowest BCUT2D eigenvalue weighted by atomic mass is 10.2. The third kappa shape index (κ3) is 3.10. The Labute approximate surface area is 94.4 Å². The van der Waals surface area contributed by atoms with Crippen molar-refractivity contribution in [3.63, 3.8) is 0 Å². The Morgan fingerprint density at radius 1 is 1.25 bits per heavy atom. The number of benzene rings is 1. The number of aryl methyl sites for hydroxylation is 1. The highest BCUT2D eigenvalue weighted by atomic mass is 16.7. The summed E-state index contributed by atoms with van der Waals surface area (Å²) in [6.07, 6.45) is 3.46. The lowest BCUT2D eigenvalue weighted by molar-refractivity contribution is 0.00501. The Balaban J connectivity index is 1.69. The third-order valence-corrected chi connectivity index (χ3v) is 2.10. The van der Waals surface area contributed by atoms with Gasteiger partial charge >= 0.3 is 0 Å². The first-order valence-corrected chi connectivity index (χ1v) is 5.08. The molecular formula is C12H14N2O2. The molecule has 0 aliphatic rings. The molecule has 4 nitrogen and oxygen atoms in total. The van der Waals surface area contributed by atoms with E-state index in [1.807, 2.05) is 37.4 Å². The van der Waals surface area contributed by atoms with E-state index in [1.54, 1.807) is 17.1 Å². The Morgan fingerprint density at radius 2 is 2.06 bits per heavy atom. The molecule has 0 radical (unpaired) electrons. The average molecular weight is 218 g/mol. The van der Waals surface area contributed by atoms with Gasteiger partial charge in [-0.1, -0.05) is 30.3 Å². The number of nitrogens with zero attached hydrogens (tertiary/aromatic N) is 2. The fourth-order valence-corrected chi connectivity index (χ4v) is 1.32. The van der Waals surface area contributed by atoms with Crippen molar-refractivity contribution in [3.8, 4) is 5.75 Å². The van der Waals surface area contributed by atoms with Gasteiger partial charge in [0.15, 0.2) is 12.5 Å². The van der Waals surface area contributed by atoms with Gasteiger partial charge in [-0.2, -0.15) is 5.10 Å². The maximum Gasteiger partial charge on any atom is 0.189 e. The first kappa shape index (κ1) is 10.7. The van der Waals surface area contributed by atoms with Crippen LogP contribution in [0.3, 0.4) is 0 Å². The van der Waals surface area contributed by atoms with E-state index in [9.17, 15) is 0 Å². The molecule has 0 fully saturated rings. The van der Waals surface area contributed by atoms with Gasteiger partial charge in [-0.3, -0.25) is 4.68 Å². The van der Waals surface area contributed by atoms with Crippen LogP contribution in [0.1, 0.15) is 5.56 Å². The van der Waals surface area contributed by atoms with Crippen LogP contribution in [0.2, 0.25) is 0 Å². The van der Waals surface area contributed by atoms with Gasteiger partial charge in [0.25, 0.3) is 0 Å². The summed E-state index contributed by atoms with van der Waals surface area (Å²) >= 11 is 0. The predicted molar refractivity (Wildman–Crippen MR) is 59.9 cm³/mol. The Kier molecular flexibility index (Phi) is 3.56. The summed E-state index contributed by atoms with van der Waals surface area (Å²) in [5.41, 5.74) is 1.14. The maximum absolute atomic E-state index is 5.37. The van der Waals surface area contributed by atoms with Crippen LogP contribution in [0.25, 0.3) is 0 Å². The first-order valence-electron chi connectivity index (χ1n) is 5.08. The second-order valence-corrected chi connectivity index (χ2v) is 3.45. The lowest BCUT2D eigenvalue weighted by Crippen LogP contribution is -2.02. The van der Waals surface area contributed by atoms with Crippen LogP contribution in [-0.4, -0.2) is 16.6 Å². The molecule has 0 atom stereocenters. The molecule has 1 aromatic heterocycles. The molecule has 0 bridgehead atoms. The molecule has 4 heteroatoms. The van der Waals surface area contributed by atoms with Gasteiger partial charge in [0.2, 0.25) is 0 Å². The molecule has 2 rings (SSSR count). The highest BCUT2D eigenvalue weighted by Gasteiger charge is 1.96. The summed E-state index contributed by atoms with van der Waals surface area (Å²) in [4.78, 5) is 0. The maximum atomic E-state index is 5.37. The molecule has 0 spiro atoms. The number of aromatic nitrogens is 2. The number of hydrogen-bond donors (Lipinski definition) is 0. The SMILES string of the molecule is Cn1cc(OCOCc2ccccc2)cn1. The topological polar surface area (TPSA) is 36.3 Å². The molecule has 0 saturated carbocycles. The molecule has 16 heavy (non-hydrogen) atoms. The summed E-state index contributed by atoms with van der Waals surface area (Å²) < 4.78 is 12.4. The molecular weight excluding hydrogens is 204 g/mol. The molecule has 1 aromatic carbocycles. The van der Waals surface area contributed by atoms with E-state index in [-0.39, 0.29) is 6.79 Å². The predicted octanol–water partition coefficient (Wildman–Crippen LogP) is 1.97. The van der Waals surface area contributed by atoms with E-state index in [1.165, 1.54) is 0 Å². The quantitative estimate of drug-likeness (QED) is 0.568. The molecule has 84 valence electrons. The summed E-state index contributed by atoms with van der Waals surface area (Å²) in [5.74, 6) is 0.718. The van der Waals surface area contributed by atoms with Crippen molar-refractivity contribution < 1.29 is 9.47 Å². The van der Waals surface area contributed by atoms with Gasteiger partial charge in [0, 0.05) is 7.05 Å². The van der Waals surface area contributed by atoms with E-state index < -0.39 is 0 Å². The summed E-state index contributed by atoms with van der Waals surface area (Å²) in [7, 11) is 1.84. The monoisotopic (exact) mass is 218 g/mol. The summed E-state index contributed by atoms with van der Waals surface area (Å²) in [5, 5.41) is 3.99. The van der Waals surface area contributed by atoms with Gasteiger partial charge in [-0.15, -0.1) is 0 Å². The van der Waals surface area contributed by atoms with Gasteiger partial charge in [-0.25, -0.2) is 0 Å². The minimum absolute atomic E-state index is 0.237. The lowest BCUT2D eigenvalue weighted by Gasteiger charge is -2.04. The van der Waals surface area contributed by atoms with Crippen LogP contribution in [-0.2, 0) is 18.4 Å². The highest BCUT2D eigenvalue weighted by molar-refractivity contribution is 5.13. The zero-order valence-electron chi connectivity index (χ0n) is 9.17. The minimum Gasteiger partial charge on any atom is -0.464 e. The molecule has 0 amide bonds. The smallest absolute Gasteiger partial charge is 0.189 e. The van der Waals surface area contributed by atoms with Crippen molar-refractivity contribution >= 4 is 0 Å². The average Bonchev–Trinajstić information content (AvgIpc) is 2.72. The van der Waals surface area contributed by atoms with Crippen molar-refractivity contribution in [3.05, 3.63) is 48.3 Å². The first-order chi connectivity index (χ1) is 7.84. The number of rotatable bonds is 5.